The Hall–Kier alpha value is -1.76. The molecule has 0 aromatic rings. The number of Topliss-reactive ketones (excluding diaryl/α,β-unsaturated/α-hetero) is 1. The number of rotatable bonds is 7. The Balaban J connectivity index is 1.52. The predicted octanol–water partition coefficient (Wildman–Crippen LogP) is 4.81. The number of esters is 1. The molecule has 1 amide bonds. The van der Waals surface area contributed by atoms with Crippen LogP contribution in [0.15, 0.2) is 0 Å². The van der Waals surface area contributed by atoms with Gasteiger partial charge in [0.1, 0.15) is 18.2 Å². The minimum atomic E-state index is -0.685. The molecule has 5 rings (SSSR count). The largest absolute Gasteiger partial charge is 0.462 e. The van der Waals surface area contributed by atoms with Crippen molar-refractivity contribution in [2.24, 2.45) is 50.7 Å². The van der Waals surface area contributed by atoms with Crippen LogP contribution in [-0.4, -0.2) is 61.1 Å². The van der Waals surface area contributed by atoms with Crippen LogP contribution in [0.2, 0.25) is 0 Å². The molecule has 0 aromatic carbocycles. The molecule has 1 N–H and O–H groups in total. The molecular weight excluding hydrogens is 504 g/mol. The molecule has 40 heavy (non-hydrogen) atoms. The lowest BCUT2D eigenvalue weighted by Crippen LogP contribution is -2.63. The second-order valence-corrected chi connectivity index (χ2v) is 15.4. The zero-order chi connectivity index (χ0) is 29.6. The topological polar surface area (TPSA) is 92.8 Å². The Labute approximate surface area is 240 Å². The van der Waals surface area contributed by atoms with Crippen molar-refractivity contribution in [1.82, 2.24) is 10.2 Å². The smallest absolute Gasteiger partial charge is 0.302 e. The van der Waals surface area contributed by atoms with Gasteiger partial charge in [-0.25, -0.2) is 0 Å². The van der Waals surface area contributed by atoms with Gasteiger partial charge in [0.25, 0.3) is 0 Å². The first kappa shape index (κ1) is 29.7. The first-order chi connectivity index (χ1) is 18.6. The third-order valence-corrected chi connectivity index (χ3v) is 13.9. The third-order valence-electron chi connectivity index (χ3n) is 13.9. The highest BCUT2D eigenvalue weighted by Crippen LogP contribution is 2.87. The van der Waals surface area contributed by atoms with Crippen LogP contribution in [0.5, 0.6) is 0 Å². The van der Waals surface area contributed by atoms with Gasteiger partial charge < -0.3 is 19.7 Å². The van der Waals surface area contributed by atoms with Gasteiger partial charge in [-0.1, -0.05) is 34.6 Å². The highest BCUT2D eigenvalue weighted by atomic mass is 16.5. The molecule has 0 bridgehead atoms. The maximum Gasteiger partial charge on any atom is 0.302 e. The second-order valence-electron chi connectivity index (χ2n) is 15.4. The minimum Gasteiger partial charge on any atom is -0.462 e. The highest BCUT2D eigenvalue weighted by molar-refractivity contribution is 5.92. The number of aldehydes is 1. The van der Waals surface area contributed by atoms with Crippen LogP contribution >= 0.6 is 0 Å². The molecule has 8 unspecified atom stereocenters. The fourth-order valence-electron chi connectivity index (χ4n) is 11.3. The first-order valence-electron chi connectivity index (χ1n) is 15.7. The van der Waals surface area contributed by atoms with Gasteiger partial charge in [0.05, 0.1) is 0 Å². The van der Waals surface area contributed by atoms with Crippen LogP contribution in [0.1, 0.15) is 99.8 Å². The number of carbonyl (C=O) groups is 4. The summed E-state index contributed by atoms with van der Waals surface area (Å²) in [5, 5.41) is 3.26. The van der Waals surface area contributed by atoms with Gasteiger partial charge in [-0.3, -0.25) is 14.4 Å². The van der Waals surface area contributed by atoms with Gasteiger partial charge >= 0.3 is 5.97 Å². The van der Waals surface area contributed by atoms with Gasteiger partial charge in [0.15, 0.2) is 0 Å². The summed E-state index contributed by atoms with van der Waals surface area (Å²) < 4.78 is 6.05. The number of fused-ring (bicyclic) bond motifs is 2. The Morgan fingerprint density at radius 3 is 2.33 bits per heavy atom. The Kier molecular flexibility index (Phi) is 6.96. The number of ketones is 1. The van der Waals surface area contributed by atoms with Crippen LogP contribution in [0, 0.1) is 50.7 Å². The summed E-state index contributed by atoms with van der Waals surface area (Å²) in [5.74, 6) is 0.423. The number of ether oxygens (including phenoxy) is 1. The summed E-state index contributed by atoms with van der Waals surface area (Å²) >= 11 is 0. The third kappa shape index (κ3) is 3.57. The van der Waals surface area contributed by atoms with Crippen LogP contribution in [-0.2, 0) is 23.9 Å². The predicted molar refractivity (Wildman–Crippen MR) is 153 cm³/mol. The van der Waals surface area contributed by atoms with E-state index < -0.39 is 10.8 Å². The molecule has 5 fully saturated rings. The van der Waals surface area contributed by atoms with Gasteiger partial charge in [-0.15, -0.1) is 0 Å². The average Bonchev–Trinajstić information content (AvgIpc) is 3.52. The van der Waals surface area contributed by atoms with E-state index in [-0.39, 0.29) is 70.0 Å². The fraction of sp³-hybridized carbons (Fsp3) is 0.879. The van der Waals surface area contributed by atoms with Crippen molar-refractivity contribution < 1.29 is 23.9 Å². The van der Waals surface area contributed by atoms with E-state index in [1.165, 1.54) is 6.92 Å². The molecule has 0 heterocycles. The van der Waals surface area contributed by atoms with Crippen LogP contribution < -0.4 is 5.32 Å². The normalized spacial score (nSPS) is 48.6. The molecule has 2 spiro atoms. The van der Waals surface area contributed by atoms with E-state index in [1.807, 2.05) is 20.8 Å². The molecule has 7 nitrogen and oxygen atoms in total. The van der Waals surface area contributed by atoms with Gasteiger partial charge in [0.2, 0.25) is 5.91 Å². The SMILES string of the molecule is CCC(C)C(=O)NC1CCC23CC24C(=O)CC2(C)C([C@H](C)N(C)C)[C@H](OC(C)=O)C[C@@]2(C)C4CCC3[C@]1(C)C=O. The van der Waals surface area contributed by atoms with Crippen molar-refractivity contribution in [3.8, 4) is 0 Å². The summed E-state index contributed by atoms with van der Waals surface area (Å²) in [6.07, 6.45) is 7.21. The maximum atomic E-state index is 14.6. The quantitative estimate of drug-likeness (QED) is 0.358. The van der Waals surface area contributed by atoms with E-state index in [0.29, 0.717) is 12.2 Å². The van der Waals surface area contributed by atoms with Crippen molar-refractivity contribution in [2.45, 2.75) is 118 Å². The van der Waals surface area contributed by atoms with Crippen LogP contribution in [0.3, 0.4) is 0 Å². The summed E-state index contributed by atoms with van der Waals surface area (Å²) in [6, 6.07) is -0.0357. The Bertz CT molecular complexity index is 1110. The van der Waals surface area contributed by atoms with E-state index in [1.54, 1.807) is 0 Å². The van der Waals surface area contributed by atoms with Crippen LogP contribution in [0.4, 0.5) is 0 Å². The standard InChI is InChI=1S/C33H52N2O5/c1-10-19(2)28(39)34-25-13-14-32-17-33(32)24(12-11-23(32)29(25,5)18-36)30(6)15-22(40-21(4)37)27(20(3)35(8)9)31(30,7)16-26(33)38/h18-20,22-25,27H,10-17H2,1-9H3,(H,34,39)/t19?,20-,22+,23?,24?,25?,27?,29-,30-,31?,32?,33?/m0/s1. The zero-order valence-electron chi connectivity index (χ0n) is 26.3. The minimum absolute atomic E-state index is 0.0243. The molecule has 0 aliphatic heterocycles. The molecule has 5 aliphatic carbocycles. The summed E-state index contributed by atoms with van der Waals surface area (Å²) in [7, 11) is 4.14. The molecule has 0 saturated heterocycles. The summed E-state index contributed by atoms with van der Waals surface area (Å²) in [4.78, 5) is 54.9. The fourth-order valence-corrected chi connectivity index (χ4v) is 11.3. The maximum absolute atomic E-state index is 14.6. The van der Waals surface area contributed by atoms with E-state index in [4.69, 9.17) is 4.74 Å². The van der Waals surface area contributed by atoms with E-state index >= 15 is 0 Å². The highest BCUT2D eigenvalue weighted by Gasteiger charge is 2.86. The number of amides is 1. The Morgan fingerprint density at radius 2 is 1.75 bits per heavy atom. The Morgan fingerprint density at radius 1 is 1.10 bits per heavy atom. The van der Waals surface area contributed by atoms with Crippen molar-refractivity contribution in [2.75, 3.05) is 14.1 Å². The molecule has 12 atom stereocenters. The molecule has 0 aromatic heterocycles. The van der Waals surface area contributed by atoms with Crippen molar-refractivity contribution in [1.29, 1.82) is 0 Å². The van der Waals surface area contributed by atoms with Gasteiger partial charge in [-0.2, -0.15) is 0 Å². The summed E-state index contributed by atoms with van der Waals surface area (Å²) in [5.41, 5.74) is -1.70. The molecular formula is C33H52N2O5. The molecule has 0 radical (unpaired) electrons. The number of hydrogen-bond acceptors (Lipinski definition) is 6. The number of carbonyl (C=O) groups excluding carboxylic acids is 4. The molecule has 5 aliphatic rings. The molecule has 224 valence electrons. The average molecular weight is 557 g/mol. The monoisotopic (exact) mass is 556 g/mol. The lowest BCUT2D eigenvalue weighted by molar-refractivity contribution is -0.172. The van der Waals surface area contributed by atoms with Crippen LogP contribution in [0.25, 0.3) is 0 Å². The van der Waals surface area contributed by atoms with E-state index in [9.17, 15) is 19.2 Å². The van der Waals surface area contributed by atoms with E-state index in [2.05, 4.69) is 45.1 Å². The van der Waals surface area contributed by atoms with Crippen molar-refractivity contribution in [3.63, 3.8) is 0 Å². The zero-order valence-corrected chi connectivity index (χ0v) is 26.3. The van der Waals surface area contributed by atoms with Gasteiger partial charge in [0, 0.05) is 48.1 Å². The summed E-state index contributed by atoms with van der Waals surface area (Å²) in [6.45, 7) is 14.4. The number of nitrogens with zero attached hydrogens (tertiary/aromatic N) is 1. The molecule has 5 saturated carbocycles. The van der Waals surface area contributed by atoms with E-state index in [0.717, 1.165) is 51.2 Å². The lowest BCUT2D eigenvalue weighted by atomic mass is 9.41. The van der Waals surface area contributed by atoms with Crippen molar-refractivity contribution in [3.05, 3.63) is 0 Å². The second kappa shape index (κ2) is 9.37. The molecule has 7 heteroatoms. The lowest BCUT2D eigenvalue weighted by Gasteiger charge is -2.62. The van der Waals surface area contributed by atoms with Gasteiger partial charge in [-0.05, 0) is 94.0 Å². The number of hydrogen-bond donors (Lipinski definition) is 1. The number of nitrogens with one attached hydrogen (secondary N) is 1. The van der Waals surface area contributed by atoms with Crippen molar-refractivity contribution >= 4 is 23.9 Å². The first-order valence-corrected chi connectivity index (χ1v) is 15.7.